The zero-order chi connectivity index (χ0) is 16.9. The lowest BCUT2D eigenvalue weighted by Crippen LogP contribution is -2.43. The van der Waals surface area contributed by atoms with Crippen molar-refractivity contribution in [1.82, 2.24) is 5.32 Å². The van der Waals surface area contributed by atoms with Gasteiger partial charge in [0.1, 0.15) is 5.82 Å². The summed E-state index contributed by atoms with van der Waals surface area (Å²) in [6, 6.07) is 15.6. The molecular weight excluding hydrogens is 293 g/mol. The second-order valence-electron chi connectivity index (χ2n) is 6.19. The summed E-state index contributed by atoms with van der Waals surface area (Å²) in [5.41, 5.74) is 0.750. The van der Waals surface area contributed by atoms with Crippen LogP contribution in [0.5, 0.6) is 0 Å². The van der Waals surface area contributed by atoms with Crippen molar-refractivity contribution in [2.75, 3.05) is 6.54 Å². The summed E-state index contributed by atoms with van der Waals surface area (Å²) in [7, 11) is 0. The molecule has 0 aliphatic heterocycles. The van der Waals surface area contributed by atoms with Gasteiger partial charge in [-0.2, -0.15) is 0 Å². The van der Waals surface area contributed by atoms with Gasteiger partial charge in [-0.15, -0.1) is 0 Å². The van der Waals surface area contributed by atoms with Crippen LogP contribution in [0.25, 0.3) is 0 Å². The second kappa shape index (κ2) is 7.38. The molecule has 0 radical (unpaired) electrons. The van der Waals surface area contributed by atoms with Crippen LogP contribution in [0.15, 0.2) is 54.6 Å². The molecule has 2 aromatic carbocycles. The Morgan fingerprint density at radius 1 is 1.17 bits per heavy atom. The van der Waals surface area contributed by atoms with Crippen LogP contribution in [0.2, 0.25) is 0 Å². The van der Waals surface area contributed by atoms with E-state index >= 15 is 0 Å². The Bertz CT molecular complexity index is 655. The van der Waals surface area contributed by atoms with Gasteiger partial charge < -0.3 is 10.4 Å². The standard InChI is InChI=1S/C19H22FNO2/c1-19(2,15-9-6-10-16(20)12-15)18(23)21-13-17(22)11-14-7-4-3-5-8-14/h3-10,12,17,22H,11,13H2,1-2H3,(H,21,23). The minimum atomic E-state index is -0.867. The second-order valence-corrected chi connectivity index (χ2v) is 6.19. The molecule has 122 valence electrons. The maximum Gasteiger partial charge on any atom is 0.230 e. The number of carbonyl (C=O) groups is 1. The zero-order valence-electron chi connectivity index (χ0n) is 13.4. The first-order valence-electron chi connectivity index (χ1n) is 7.66. The number of benzene rings is 2. The number of rotatable bonds is 6. The molecule has 0 aliphatic rings. The van der Waals surface area contributed by atoms with Crippen LogP contribution in [0, 0.1) is 5.82 Å². The highest BCUT2D eigenvalue weighted by Gasteiger charge is 2.30. The number of hydrogen-bond donors (Lipinski definition) is 2. The summed E-state index contributed by atoms with van der Waals surface area (Å²) in [6.07, 6.45) is -0.189. The molecule has 0 saturated heterocycles. The fraction of sp³-hybridized carbons (Fsp3) is 0.316. The van der Waals surface area contributed by atoms with Gasteiger partial charge in [0, 0.05) is 13.0 Å². The van der Waals surface area contributed by atoms with Crippen molar-refractivity contribution in [3.05, 3.63) is 71.5 Å². The maximum absolute atomic E-state index is 13.3. The number of carbonyl (C=O) groups excluding carboxylic acids is 1. The number of nitrogens with one attached hydrogen (secondary N) is 1. The normalized spacial score (nSPS) is 12.7. The molecule has 0 aliphatic carbocycles. The van der Waals surface area contributed by atoms with Crippen LogP contribution in [-0.2, 0) is 16.6 Å². The molecule has 3 nitrogen and oxygen atoms in total. The van der Waals surface area contributed by atoms with Crippen LogP contribution in [0.3, 0.4) is 0 Å². The molecule has 4 heteroatoms. The highest BCUT2D eigenvalue weighted by molar-refractivity contribution is 5.87. The summed E-state index contributed by atoms with van der Waals surface area (Å²) in [5, 5.41) is 12.8. The van der Waals surface area contributed by atoms with Gasteiger partial charge >= 0.3 is 0 Å². The van der Waals surface area contributed by atoms with Crippen molar-refractivity contribution in [3.8, 4) is 0 Å². The van der Waals surface area contributed by atoms with Gasteiger partial charge in [0.25, 0.3) is 0 Å². The first kappa shape index (κ1) is 17.2. The number of hydrogen-bond acceptors (Lipinski definition) is 2. The van der Waals surface area contributed by atoms with Crippen LogP contribution in [0.1, 0.15) is 25.0 Å². The largest absolute Gasteiger partial charge is 0.391 e. The lowest BCUT2D eigenvalue weighted by Gasteiger charge is -2.25. The third-order valence-corrected chi connectivity index (χ3v) is 3.93. The Morgan fingerprint density at radius 3 is 2.52 bits per heavy atom. The predicted molar refractivity (Wildman–Crippen MR) is 88.6 cm³/mol. The molecule has 1 atom stereocenters. The lowest BCUT2D eigenvalue weighted by atomic mass is 9.83. The lowest BCUT2D eigenvalue weighted by molar-refractivity contribution is -0.126. The first-order chi connectivity index (χ1) is 10.9. The molecule has 0 aromatic heterocycles. The van der Waals surface area contributed by atoms with Gasteiger partial charge in [0.2, 0.25) is 5.91 Å². The van der Waals surface area contributed by atoms with Crippen LogP contribution in [-0.4, -0.2) is 23.7 Å². The van der Waals surface area contributed by atoms with Crippen LogP contribution >= 0.6 is 0 Å². The van der Waals surface area contributed by atoms with Crippen LogP contribution < -0.4 is 5.32 Å². The molecule has 2 aromatic rings. The third kappa shape index (κ3) is 4.63. The van der Waals surface area contributed by atoms with Crippen molar-refractivity contribution in [1.29, 1.82) is 0 Å². The summed E-state index contributed by atoms with van der Waals surface area (Å²) < 4.78 is 13.3. The quantitative estimate of drug-likeness (QED) is 0.861. The molecular formula is C19H22FNO2. The molecule has 1 unspecified atom stereocenters. The summed E-state index contributed by atoms with van der Waals surface area (Å²) >= 11 is 0. The fourth-order valence-corrected chi connectivity index (χ4v) is 2.40. The topological polar surface area (TPSA) is 49.3 Å². The van der Waals surface area contributed by atoms with E-state index in [0.717, 1.165) is 5.56 Å². The Balaban J connectivity index is 1.93. The molecule has 23 heavy (non-hydrogen) atoms. The number of halogens is 1. The molecule has 0 spiro atoms. The van der Waals surface area contributed by atoms with Gasteiger partial charge in [-0.25, -0.2) is 4.39 Å². The zero-order valence-corrected chi connectivity index (χ0v) is 13.4. The van der Waals surface area contributed by atoms with Crippen molar-refractivity contribution >= 4 is 5.91 Å². The predicted octanol–water partition coefficient (Wildman–Crippen LogP) is 2.82. The smallest absolute Gasteiger partial charge is 0.230 e. The van der Waals surface area contributed by atoms with Crippen molar-refractivity contribution < 1.29 is 14.3 Å². The summed E-state index contributed by atoms with van der Waals surface area (Å²) in [4.78, 5) is 12.4. The fourth-order valence-electron chi connectivity index (χ4n) is 2.40. The number of aliphatic hydroxyl groups excluding tert-OH is 1. The van der Waals surface area contributed by atoms with Crippen molar-refractivity contribution in [2.24, 2.45) is 0 Å². The SMILES string of the molecule is CC(C)(C(=O)NCC(O)Cc1ccccc1)c1cccc(F)c1. The van der Waals surface area contributed by atoms with E-state index in [4.69, 9.17) is 0 Å². The van der Waals surface area contributed by atoms with E-state index in [0.29, 0.717) is 12.0 Å². The third-order valence-electron chi connectivity index (χ3n) is 3.93. The number of aliphatic hydroxyl groups is 1. The van der Waals surface area contributed by atoms with E-state index < -0.39 is 11.5 Å². The van der Waals surface area contributed by atoms with E-state index in [1.807, 2.05) is 30.3 Å². The van der Waals surface area contributed by atoms with Gasteiger partial charge in [-0.1, -0.05) is 42.5 Å². The summed E-state index contributed by atoms with van der Waals surface area (Å²) in [6.45, 7) is 3.63. The summed E-state index contributed by atoms with van der Waals surface area (Å²) in [5.74, 6) is -0.609. The molecule has 2 rings (SSSR count). The minimum Gasteiger partial charge on any atom is -0.391 e. The van der Waals surface area contributed by atoms with E-state index in [1.54, 1.807) is 26.0 Å². The van der Waals surface area contributed by atoms with Crippen molar-refractivity contribution in [2.45, 2.75) is 31.8 Å². The van der Waals surface area contributed by atoms with Gasteiger partial charge in [-0.3, -0.25) is 4.79 Å². The maximum atomic E-state index is 13.3. The number of amides is 1. The van der Waals surface area contributed by atoms with E-state index in [1.165, 1.54) is 12.1 Å². The Hall–Kier alpha value is -2.20. The molecule has 1 amide bonds. The van der Waals surface area contributed by atoms with E-state index in [2.05, 4.69) is 5.32 Å². The van der Waals surface area contributed by atoms with Gasteiger partial charge in [0.05, 0.1) is 11.5 Å². The highest BCUT2D eigenvalue weighted by atomic mass is 19.1. The van der Waals surface area contributed by atoms with E-state index in [-0.39, 0.29) is 18.3 Å². The molecule has 0 saturated carbocycles. The highest BCUT2D eigenvalue weighted by Crippen LogP contribution is 2.24. The molecule has 0 bridgehead atoms. The van der Waals surface area contributed by atoms with Crippen LogP contribution in [0.4, 0.5) is 4.39 Å². The van der Waals surface area contributed by atoms with Gasteiger partial charge in [-0.05, 0) is 37.1 Å². The average Bonchev–Trinajstić information content (AvgIpc) is 2.53. The van der Waals surface area contributed by atoms with E-state index in [9.17, 15) is 14.3 Å². The molecule has 2 N–H and O–H groups in total. The minimum absolute atomic E-state index is 0.159. The first-order valence-corrected chi connectivity index (χ1v) is 7.66. The molecule has 0 fully saturated rings. The van der Waals surface area contributed by atoms with Crippen molar-refractivity contribution in [3.63, 3.8) is 0 Å². The Labute approximate surface area is 136 Å². The monoisotopic (exact) mass is 315 g/mol. The average molecular weight is 315 g/mol. The Morgan fingerprint density at radius 2 is 1.87 bits per heavy atom. The van der Waals surface area contributed by atoms with Gasteiger partial charge in [0.15, 0.2) is 0 Å². The Kier molecular flexibility index (Phi) is 5.50. The molecule has 0 heterocycles.